The molecule has 0 saturated heterocycles. The molecule has 0 amide bonds. The Balaban J connectivity index is -0.00000144. The van der Waals surface area contributed by atoms with E-state index in [2.05, 4.69) is 16.5 Å². The Hall–Kier alpha value is 2.07. The Bertz CT molecular complexity index is 226. The fraction of sp³-hybridized carbons (Fsp3) is 1.00. The van der Waals surface area contributed by atoms with E-state index in [1.54, 1.807) is 0 Å². The average molecular weight is 326 g/mol. The second-order valence-corrected chi connectivity index (χ2v) is 5.57. The SMILES string of the molecule is CCCCCCCCCCCCOOP(=O)([O-])[O-].[Na+].[Na+]. The molecule has 0 aromatic rings. The van der Waals surface area contributed by atoms with Crippen molar-refractivity contribution >= 4 is 7.82 Å². The summed E-state index contributed by atoms with van der Waals surface area (Å²) in [6.45, 7) is 2.37. The van der Waals surface area contributed by atoms with E-state index < -0.39 is 7.82 Å². The minimum absolute atomic E-state index is 0. The molecule has 0 unspecified atom stereocenters. The fourth-order valence-corrected chi connectivity index (χ4v) is 1.95. The van der Waals surface area contributed by atoms with Gasteiger partial charge in [0.05, 0.1) is 6.61 Å². The van der Waals surface area contributed by atoms with Crippen molar-refractivity contribution in [2.45, 2.75) is 71.1 Å². The predicted octanol–water partition coefficient (Wildman–Crippen LogP) is -3.31. The molecule has 0 radical (unpaired) electrons. The van der Waals surface area contributed by atoms with Gasteiger partial charge in [-0.05, 0) is 6.42 Å². The molecule has 0 aliphatic carbocycles. The second-order valence-electron chi connectivity index (χ2n) is 4.53. The molecule has 0 saturated carbocycles. The van der Waals surface area contributed by atoms with Crippen molar-refractivity contribution in [3.05, 3.63) is 0 Å². The van der Waals surface area contributed by atoms with Crippen molar-refractivity contribution in [2.75, 3.05) is 6.61 Å². The standard InChI is InChI=1S/C12H27O5P.2Na/c1-2-3-4-5-6-7-8-9-10-11-12-16-17-18(13,14)15;;/h2-12H2,1H3,(H2,13,14,15);;/q;2*+1/p-2. The molecule has 5 nitrogen and oxygen atoms in total. The van der Waals surface area contributed by atoms with Gasteiger partial charge in [0, 0.05) is 0 Å². The molecule has 0 aromatic carbocycles. The van der Waals surface area contributed by atoms with E-state index in [1.165, 1.54) is 44.9 Å². The van der Waals surface area contributed by atoms with E-state index in [0.717, 1.165) is 19.3 Å². The van der Waals surface area contributed by atoms with E-state index in [9.17, 15) is 14.4 Å². The molecular weight excluding hydrogens is 301 g/mol. The van der Waals surface area contributed by atoms with Gasteiger partial charge in [0.2, 0.25) is 0 Å². The minimum Gasteiger partial charge on any atom is -0.788 e. The van der Waals surface area contributed by atoms with Crippen molar-refractivity contribution in [2.24, 2.45) is 0 Å². The van der Waals surface area contributed by atoms with Crippen LogP contribution in [0.4, 0.5) is 0 Å². The summed E-state index contributed by atoms with van der Waals surface area (Å²) in [6, 6.07) is 0. The molecule has 110 valence electrons. The first kappa shape index (κ1) is 26.9. The van der Waals surface area contributed by atoms with Gasteiger partial charge >= 0.3 is 59.1 Å². The first-order valence-corrected chi connectivity index (χ1v) is 8.35. The van der Waals surface area contributed by atoms with Gasteiger partial charge < -0.3 is 14.4 Å². The number of hydrogen-bond acceptors (Lipinski definition) is 5. The van der Waals surface area contributed by atoms with Crippen LogP contribution in [0.25, 0.3) is 0 Å². The molecule has 0 aromatic heterocycles. The Labute approximate surface area is 167 Å². The first-order valence-electron chi connectivity index (χ1n) is 6.89. The normalized spacial score (nSPS) is 10.8. The average Bonchev–Trinajstić information content (AvgIpc) is 2.29. The van der Waals surface area contributed by atoms with Crippen LogP contribution >= 0.6 is 7.82 Å². The van der Waals surface area contributed by atoms with Crippen LogP contribution in [-0.4, -0.2) is 6.61 Å². The smallest absolute Gasteiger partial charge is 0.788 e. The van der Waals surface area contributed by atoms with Gasteiger partial charge in [0.25, 0.3) is 0 Å². The van der Waals surface area contributed by atoms with Crippen LogP contribution in [0.1, 0.15) is 71.1 Å². The number of unbranched alkanes of at least 4 members (excludes halogenated alkanes) is 9. The van der Waals surface area contributed by atoms with E-state index in [4.69, 9.17) is 0 Å². The monoisotopic (exact) mass is 326 g/mol. The molecule has 0 rings (SSSR count). The van der Waals surface area contributed by atoms with Crippen LogP contribution in [0.15, 0.2) is 0 Å². The third kappa shape index (κ3) is 25.0. The summed E-state index contributed by atoms with van der Waals surface area (Å²) in [5.74, 6) is 0. The summed E-state index contributed by atoms with van der Waals surface area (Å²) in [5, 5.41) is 0. The van der Waals surface area contributed by atoms with E-state index >= 15 is 0 Å². The maximum Gasteiger partial charge on any atom is 1.00 e. The summed E-state index contributed by atoms with van der Waals surface area (Å²) in [4.78, 5) is 24.4. The van der Waals surface area contributed by atoms with Gasteiger partial charge in [0.15, 0.2) is 0 Å². The molecule has 0 bridgehead atoms. The number of phosphoric acid groups is 1. The van der Waals surface area contributed by atoms with Crippen LogP contribution in [0, 0.1) is 0 Å². The van der Waals surface area contributed by atoms with Crippen molar-refractivity contribution in [1.82, 2.24) is 0 Å². The molecule has 0 atom stereocenters. The predicted molar refractivity (Wildman–Crippen MR) is 66.5 cm³/mol. The zero-order chi connectivity index (χ0) is 13.7. The third-order valence-corrected chi connectivity index (χ3v) is 3.01. The molecule has 0 aliphatic rings. The molecule has 0 heterocycles. The Morgan fingerprint density at radius 2 is 1.20 bits per heavy atom. The van der Waals surface area contributed by atoms with Crippen molar-refractivity contribution in [3.8, 4) is 0 Å². The molecule has 0 N–H and O–H groups in total. The van der Waals surface area contributed by atoms with E-state index in [1.807, 2.05) is 0 Å². The summed E-state index contributed by atoms with van der Waals surface area (Å²) in [6.07, 6.45) is 11.8. The van der Waals surface area contributed by atoms with E-state index in [-0.39, 0.29) is 65.7 Å². The van der Waals surface area contributed by atoms with Gasteiger partial charge in [0.1, 0.15) is 7.82 Å². The number of hydrogen-bond donors (Lipinski definition) is 0. The molecule has 0 spiro atoms. The minimum atomic E-state index is -4.97. The fourth-order valence-electron chi connectivity index (χ4n) is 1.75. The molecule has 20 heavy (non-hydrogen) atoms. The molecule has 0 aliphatic heterocycles. The molecular formula is C12H25Na2O5P. The number of rotatable bonds is 13. The third-order valence-electron chi connectivity index (χ3n) is 2.73. The van der Waals surface area contributed by atoms with Crippen molar-refractivity contribution in [3.63, 3.8) is 0 Å². The Morgan fingerprint density at radius 3 is 1.60 bits per heavy atom. The quantitative estimate of drug-likeness (QED) is 0.116. The summed E-state index contributed by atoms with van der Waals surface area (Å²) >= 11 is 0. The zero-order valence-corrected chi connectivity index (χ0v) is 18.2. The van der Waals surface area contributed by atoms with Gasteiger partial charge in [-0.2, -0.15) is 0 Å². The van der Waals surface area contributed by atoms with Gasteiger partial charge in [-0.1, -0.05) is 64.7 Å². The van der Waals surface area contributed by atoms with Crippen molar-refractivity contribution < 1.29 is 83.0 Å². The van der Waals surface area contributed by atoms with Crippen LogP contribution in [-0.2, 0) is 14.1 Å². The maximum absolute atomic E-state index is 10.0. The largest absolute Gasteiger partial charge is 1.00 e. The Kier molecular flexibility index (Phi) is 25.8. The summed E-state index contributed by atoms with van der Waals surface area (Å²) < 4.78 is 13.7. The topological polar surface area (TPSA) is 81.7 Å². The maximum atomic E-state index is 10.0. The van der Waals surface area contributed by atoms with Gasteiger partial charge in [-0.25, -0.2) is 9.56 Å². The summed E-state index contributed by atoms with van der Waals surface area (Å²) in [5.41, 5.74) is 0. The van der Waals surface area contributed by atoms with Crippen LogP contribution in [0.5, 0.6) is 0 Å². The molecule has 0 fully saturated rings. The summed E-state index contributed by atoms with van der Waals surface area (Å²) in [7, 11) is -4.97. The Morgan fingerprint density at radius 1 is 0.800 bits per heavy atom. The van der Waals surface area contributed by atoms with Gasteiger partial charge in [-0.3, -0.25) is 0 Å². The molecule has 8 heteroatoms. The van der Waals surface area contributed by atoms with E-state index in [0.29, 0.717) is 0 Å². The second kappa shape index (κ2) is 19.1. The zero-order valence-electron chi connectivity index (χ0n) is 13.3. The van der Waals surface area contributed by atoms with Crippen molar-refractivity contribution in [1.29, 1.82) is 0 Å². The van der Waals surface area contributed by atoms with Crippen LogP contribution in [0.2, 0.25) is 0 Å². The van der Waals surface area contributed by atoms with Crippen LogP contribution in [0.3, 0.4) is 0 Å². The van der Waals surface area contributed by atoms with Gasteiger partial charge in [-0.15, -0.1) is 0 Å². The van der Waals surface area contributed by atoms with Crippen LogP contribution < -0.4 is 68.9 Å². The first-order chi connectivity index (χ1) is 8.56.